The molecule has 204 valence electrons. The lowest BCUT2D eigenvalue weighted by Crippen LogP contribution is -2.03. The Morgan fingerprint density at radius 2 is 0.955 bits per heavy atom. The van der Waals surface area contributed by atoms with Gasteiger partial charge in [-0.15, -0.1) is 0 Å². The van der Waals surface area contributed by atoms with Gasteiger partial charge in [0.25, 0.3) is 0 Å². The average Bonchev–Trinajstić information content (AvgIpc) is 3.34. The standard InChI is InChI=1S/C40H23N3O/c1-2-8-24(9-3-1)25-16-18-28(19-17-25)39-40(42-30-13-5-4-12-29(30)41-39)43-31-22-20-26-10-6-14-33-35(26)37(31)38-32(43)23-21-27-11-7-15-34(44-33)36(27)38/h1-23H. The molecule has 0 bridgehead atoms. The molecule has 0 fully saturated rings. The van der Waals surface area contributed by atoms with E-state index in [-0.39, 0.29) is 0 Å². The summed E-state index contributed by atoms with van der Waals surface area (Å²) in [4.78, 5) is 10.6. The van der Waals surface area contributed by atoms with Crippen molar-refractivity contribution in [3.63, 3.8) is 0 Å². The highest BCUT2D eigenvalue weighted by molar-refractivity contribution is 6.33. The summed E-state index contributed by atoms with van der Waals surface area (Å²) in [6.07, 6.45) is 0. The maximum Gasteiger partial charge on any atom is 0.165 e. The van der Waals surface area contributed by atoms with Gasteiger partial charge in [0.15, 0.2) is 5.82 Å². The Morgan fingerprint density at radius 1 is 0.409 bits per heavy atom. The van der Waals surface area contributed by atoms with Crippen LogP contribution in [0.2, 0.25) is 0 Å². The lowest BCUT2D eigenvalue weighted by atomic mass is 10.00. The smallest absolute Gasteiger partial charge is 0.165 e. The summed E-state index contributed by atoms with van der Waals surface area (Å²) in [6, 6.07) is 48.7. The van der Waals surface area contributed by atoms with Crippen molar-refractivity contribution in [2.45, 2.75) is 0 Å². The fraction of sp³-hybridized carbons (Fsp3) is 0. The van der Waals surface area contributed by atoms with Gasteiger partial charge in [0, 0.05) is 27.1 Å². The van der Waals surface area contributed by atoms with Gasteiger partial charge in [0.05, 0.1) is 22.1 Å². The van der Waals surface area contributed by atoms with Crippen molar-refractivity contribution in [3.8, 4) is 28.2 Å². The molecule has 0 aliphatic carbocycles. The molecule has 10 aromatic rings. The van der Waals surface area contributed by atoms with Gasteiger partial charge >= 0.3 is 0 Å². The van der Waals surface area contributed by atoms with Crippen molar-refractivity contribution in [3.05, 3.63) is 140 Å². The van der Waals surface area contributed by atoms with Crippen molar-refractivity contribution in [2.24, 2.45) is 0 Å². The average molecular weight is 562 g/mol. The van der Waals surface area contributed by atoms with Crippen LogP contribution in [-0.2, 0) is 0 Å². The molecule has 3 heterocycles. The van der Waals surface area contributed by atoms with Crippen LogP contribution in [0.3, 0.4) is 0 Å². The molecule has 10 rings (SSSR count). The molecule has 0 saturated heterocycles. The van der Waals surface area contributed by atoms with Crippen LogP contribution in [0.1, 0.15) is 0 Å². The van der Waals surface area contributed by atoms with Crippen LogP contribution in [0.25, 0.3) is 93.8 Å². The van der Waals surface area contributed by atoms with E-state index in [0.717, 1.165) is 71.9 Å². The molecular formula is C40H23N3O. The fourth-order valence-electron chi connectivity index (χ4n) is 6.99. The van der Waals surface area contributed by atoms with Crippen molar-refractivity contribution < 1.29 is 4.42 Å². The molecule has 0 unspecified atom stereocenters. The third kappa shape index (κ3) is 3.22. The van der Waals surface area contributed by atoms with E-state index in [1.165, 1.54) is 21.9 Å². The zero-order valence-corrected chi connectivity index (χ0v) is 23.5. The highest BCUT2D eigenvalue weighted by Gasteiger charge is 2.24. The van der Waals surface area contributed by atoms with E-state index < -0.39 is 0 Å². The molecule has 0 amide bonds. The first kappa shape index (κ1) is 23.6. The molecule has 44 heavy (non-hydrogen) atoms. The number of hydrogen-bond donors (Lipinski definition) is 0. The van der Waals surface area contributed by atoms with Gasteiger partial charge < -0.3 is 4.42 Å². The summed E-state index contributed by atoms with van der Waals surface area (Å²) < 4.78 is 8.93. The Bertz CT molecular complexity index is 2600. The Balaban J connectivity index is 1.35. The van der Waals surface area contributed by atoms with Crippen LogP contribution in [-0.4, -0.2) is 14.5 Å². The summed E-state index contributed by atoms with van der Waals surface area (Å²) in [5.41, 5.74) is 9.86. The van der Waals surface area contributed by atoms with Crippen LogP contribution < -0.4 is 0 Å². The second kappa shape index (κ2) is 8.76. The van der Waals surface area contributed by atoms with E-state index in [9.17, 15) is 0 Å². The molecule has 4 nitrogen and oxygen atoms in total. The quantitative estimate of drug-likeness (QED) is 0.215. The largest absolute Gasteiger partial charge is 0.456 e. The van der Waals surface area contributed by atoms with Gasteiger partial charge in [-0.25, -0.2) is 9.97 Å². The number of nitrogens with zero attached hydrogens (tertiary/aromatic N) is 3. The lowest BCUT2D eigenvalue weighted by molar-refractivity contribution is 0.664. The molecule has 3 aromatic heterocycles. The monoisotopic (exact) mass is 561 g/mol. The maximum absolute atomic E-state index is 6.62. The molecule has 4 heteroatoms. The first-order valence-electron chi connectivity index (χ1n) is 14.8. The van der Waals surface area contributed by atoms with E-state index in [1.807, 2.05) is 30.3 Å². The summed E-state index contributed by atoms with van der Waals surface area (Å²) in [7, 11) is 0. The lowest BCUT2D eigenvalue weighted by Gasteiger charge is -2.14. The zero-order valence-electron chi connectivity index (χ0n) is 23.5. The first-order chi connectivity index (χ1) is 21.8. The molecule has 0 radical (unpaired) electrons. The Kier molecular flexibility index (Phi) is 4.69. The van der Waals surface area contributed by atoms with Crippen molar-refractivity contribution in [1.29, 1.82) is 0 Å². The predicted molar refractivity (Wildman–Crippen MR) is 181 cm³/mol. The fourth-order valence-corrected chi connectivity index (χ4v) is 6.99. The predicted octanol–water partition coefficient (Wildman–Crippen LogP) is 10.6. The molecule has 7 aromatic carbocycles. The van der Waals surface area contributed by atoms with Gasteiger partial charge in [-0.1, -0.05) is 103 Å². The zero-order chi connectivity index (χ0) is 28.8. The number of benzene rings is 7. The summed E-state index contributed by atoms with van der Waals surface area (Å²) in [5, 5.41) is 6.92. The highest BCUT2D eigenvalue weighted by Crippen LogP contribution is 2.45. The van der Waals surface area contributed by atoms with E-state index in [1.54, 1.807) is 0 Å². The second-order valence-electron chi connectivity index (χ2n) is 11.4. The van der Waals surface area contributed by atoms with Crippen LogP contribution in [0.4, 0.5) is 0 Å². The van der Waals surface area contributed by atoms with Crippen molar-refractivity contribution in [1.82, 2.24) is 14.5 Å². The Morgan fingerprint density at radius 3 is 1.59 bits per heavy atom. The van der Waals surface area contributed by atoms with Crippen LogP contribution in [0, 0.1) is 0 Å². The summed E-state index contributed by atoms with van der Waals surface area (Å²) in [5.74, 6) is 0.811. The number of hydrogen-bond acceptors (Lipinski definition) is 3. The van der Waals surface area contributed by atoms with Crippen LogP contribution in [0.15, 0.2) is 144 Å². The molecular weight excluding hydrogens is 538 g/mol. The second-order valence-corrected chi connectivity index (χ2v) is 11.4. The van der Waals surface area contributed by atoms with Gasteiger partial charge in [-0.3, -0.25) is 4.57 Å². The third-order valence-corrected chi connectivity index (χ3v) is 8.95. The van der Waals surface area contributed by atoms with Gasteiger partial charge in [-0.2, -0.15) is 0 Å². The first-order valence-corrected chi connectivity index (χ1v) is 14.8. The van der Waals surface area contributed by atoms with Gasteiger partial charge in [-0.05, 0) is 58.3 Å². The van der Waals surface area contributed by atoms with Crippen LogP contribution >= 0.6 is 0 Å². The Labute approximate surface area is 251 Å². The molecule has 0 aliphatic rings. The minimum Gasteiger partial charge on any atom is -0.456 e. The maximum atomic E-state index is 6.62. The summed E-state index contributed by atoms with van der Waals surface area (Å²) >= 11 is 0. The number of fused-ring (bicyclic) bond motifs is 1. The van der Waals surface area contributed by atoms with E-state index >= 15 is 0 Å². The van der Waals surface area contributed by atoms with Crippen molar-refractivity contribution >= 4 is 65.6 Å². The summed E-state index contributed by atoms with van der Waals surface area (Å²) in [6.45, 7) is 0. The topological polar surface area (TPSA) is 43.9 Å². The van der Waals surface area contributed by atoms with E-state index in [2.05, 4.69) is 114 Å². The van der Waals surface area contributed by atoms with E-state index in [0.29, 0.717) is 0 Å². The highest BCUT2D eigenvalue weighted by atomic mass is 16.3. The minimum absolute atomic E-state index is 0.811. The molecule has 0 spiro atoms. The molecule has 0 aliphatic heterocycles. The molecule has 0 N–H and O–H groups in total. The van der Waals surface area contributed by atoms with Crippen LogP contribution in [0.5, 0.6) is 0 Å². The Hall–Kier alpha value is -6.00. The SMILES string of the molecule is c1ccc(-c2ccc(-c3nc4ccccc4nc3-n3c4ccc5cccc6oc7cccc8ccc3c(c87)c4c56)cc2)cc1. The number of rotatable bonds is 3. The number of para-hydroxylation sites is 2. The molecule has 0 saturated carbocycles. The normalized spacial score (nSPS) is 12.1. The van der Waals surface area contributed by atoms with Crippen molar-refractivity contribution in [2.75, 3.05) is 0 Å². The number of aromatic nitrogens is 3. The van der Waals surface area contributed by atoms with E-state index in [4.69, 9.17) is 14.4 Å². The molecule has 0 atom stereocenters. The minimum atomic E-state index is 0.811. The third-order valence-electron chi connectivity index (χ3n) is 8.95. The van der Waals surface area contributed by atoms with Gasteiger partial charge in [0.1, 0.15) is 16.9 Å². The van der Waals surface area contributed by atoms with Gasteiger partial charge in [0.2, 0.25) is 0 Å².